The summed E-state index contributed by atoms with van der Waals surface area (Å²) in [4.78, 5) is 17.1. The number of aromatic nitrogens is 2. The van der Waals surface area contributed by atoms with Crippen molar-refractivity contribution in [1.29, 1.82) is 0 Å². The van der Waals surface area contributed by atoms with Crippen LogP contribution in [-0.2, 0) is 13.1 Å². The highest BCUT2D eigenvalue weighted by Crippen LogP contribution is 2.21. The van der Waals surface area contributed by atoms with Gasteiger partial charge in [-0.1, -0.05) is 12.1 Å². The zero-order valence-corrected chi connectivity index (χ0v) is 14.6. The molecular formula is C19H26N4O. The van der Waals surface area contributed by atoms with E-state index in [1.54, 1.807) is 6.20 Å². The third kappa shape index (κ3) is 4.03. The summed E-state index contributed by atoms with van der Waals surface area (Å²) in [6, 6.07) is 10.2. The molecule has 0 radical (unpaired) electrons. The first-order valence-electron chi connectivity index (χ1n) is 8.65. The lowest BCUT2D eigenvalue weighted by atomic mass is 10.0. The minimum Gasteiger partial charge on any atom is -0.334 e. The molecule has 1 fully saturated rings. The lowest BCUT2D eigenvalue weighted by Gasteiger charge is -2.35. The maximum Gasteiger partial charge on any atom is 0.254 e. The van der Waals surface area contributed by atoms with E-state index in [9.17, 15) is 4.79 Å². The molecule has 2 heterocycles. The Kier molecular flexibility index (Phi) is 5.30. The van der Waals surface area contributed by atoms with Gasteiger partial charge >= 0.3 is 0 Å². The van der Waals surface area contributed by atoms with Crippen molar-refractivity contribution in [2.45, 2.75) is 38.4 Å². The van der Waals surface area contributed by atoms with Gasteiger partial charge in [-0.25, -0.2) is 0 Å². The molecule has 5 heteroatoms. The molecule has 1 saturated heterocycles. The van der Waals surface area contributed by atoms with E-state index in [1.165, 1.54) is 12.0 Å². The van der Waals surface area contributed by atoms with Crippen LogP contribution >= 0.6 is 0 Å². The minimum absolute atomic E-state index is 0.142. The fourth-order valence-electron chi connectivity index (χ4n) is 3.37. The molecule has 5 nitrogen and oxygen atoms in total. The van der Waals surface area contributed by atoms with Gasteiger partial charge in [0.15, 0.2) is 0 Å². The van der Waals surface area contributed by atoms with Crippen molar-refractivity contribution < 1.29 is 4.79 Å². The Morgan fingerprint density at radius 3 is 2.71 bits per heavy atom. The number of likely N-dealkylation sites (tertiary alicyclic amines) is 1. The van der Waals surface area contributed by atoms with E-state index in [2.05, 4.69) is 22.1 Å². The lowest BCUT2D eigenvalue weighted by Crippen LogP contribution is -2.45. The summed E-state index contributed by atoms with van der Waals surface area (Å²) in [5.74, 6) is 0.142. The van der Waals surface area contributed by atoms with Gasteiger partial charge in [0, 0.05) is 31.0 Å². The van der Waals surface area contributed by atoms with E-state index in [0.717, 1.165) is 38.0 Å². The minimum atomic E-state index is 0.142. The molecule has 1 aromatic heterocycles. The highest BCUT2D eigenvalue weighted by atomic mass is 16.2. The number of piperidine rings is 1. The molecule has 1 aromatic carbocycles. The Balaban J connectivity index is 1.71. The Morgan fingerprint density at radius 1 is 1.25 bits per heavy atom. The van der Waals surface area contributed by atoms with E-state index >= 15 is 0 Å². The van der Waals surface area contributed by atoms with E-state index < -0.39 is 0 Å². The first-order chi connectivity index (χ1) is 11.6. The van der Waals surface area contributed by atoms with Crippen LogP contribution in [0, 0.1) is 0 Å². The number of amides is 1. The second-order valence-electron chi connectivity index (χ2n) is 6.81. The summed E-state index contributed by atoms with van der Waals surface area (Å²) in [6.45, 7) is 2.50. The molecule has 1 unspecified atom stereocenters. The number of carbonyl (C=O) groups excluding carboxylic acids is 1. The van der Waals surface area contributed by atoms with Gasteiger partial charge in [-0.2, -0.15) is 5.10 Å². The van der Waals surface area contributed by atoms with E-state index in [-0.39, 0.29) is 11.9 Å². The van der Waals surface area contributed by atoms with Crippen LogP contribution in [0.3, 0.4) is 0 Å². The Bertz CT molecular complexity index is 649. The summed E-state index contributed by atoms with van der Waals surface area (Å²) >= 11 is 0. The second-order valence-corrected chi connectivity index (χ2v) is 6.81. The SMILES string of the molecule is CN(C)Cc1ccc(C(=O)N2CCCCC2Cn2cccn2)cc1. The molecule has 24 heavy (non-hydrogen) atoms. The maximum atomic E-state index is 13.0. The molecule has 0 bridgehead atoms. The number of carbonyl (C=O) groups is 1. The highest BCUT2D eigenvalue weighted by molar-refractivity contribution is 5.94. The van der Waals surface area contributed by atoms with Gasteiger partial charge in [0.2, 0.25) is 0 Å². The number of benzene rings is 1. The highest BCUT2D eigenvalue weighted by Gasteiger charge is 2.27. The van der Waals surface area contributed by atoms with E-state index in [0.29, 0.717) is 0 Å². The molecular weight excluding hydrogens is 300 g/mol. The average Bonchev–Trinajstić information content (AvgIpc) is 3.08. The topological polar surface area (TPSA) is 41.4 Å². The zero-order valence-electron chi connectivity index (χ0n) is 14.6. The number of nitrogens with zero attached hydrogens (tertiary/aromatic N) is 4. The van der Waals surface area contributed by atoms with Crippen molar-refractivity contribution in [3.05, 3.63) is 53.9 Å². The van der Waals surface area contributed by atoms with Gasteiger partial charge in [-0.15, -0.1) is 0 Å². The van der Waals surface area contributed by atoms with Crippen molar-refractivity contribution in [2.75, 3.05) is 20.6 Å². The molecule has 1 amide bonds. The molecule has 3 rings (SSSR count). The first kappa shape index (κ1) is 16.7. The van der Waals surface area contributed by atoms with Gasteiger partial charge in [0.1, 0.15) is 0 Å². The van der Waals surface area contributed by atoms with Gasteiger partial charge < -0.3 is 9.80 Å². The van der Waals surface area contributed by atoms with Crippen molar-refractivity contribution >= 4 is 5.91 Å². The van der Waals surface area contributed by atoms with Crippen LogP contribution in [0.2, 0.25) is 0 Å². The Hall–Kier alpha value is -2.14. The molecule has 2 aromatic rings. The molecule has 0 N–H and O–H groups in total. The van der Waals surface area contributed by atoms with E-state index in [4.69, 9.17) is 0 Å². The third-order valence-electron chi connectivity index (χ3n) is 4.54. The van der Waals surface area contributed by atoms with Crippen LogP contribution < -0.4 is 0 Å². The van der Waals surface area contributed by atoms with Crippen molar-refractivity contribution in [3.8, 4) is 0 Å². The smallest absolute Gasteiger partial charge is 0.254 e. The summed E-state index contributed by atoms with van der Waals surface area (Å²) in [5, 5.41) is 4.29. The summed E-state index contributed by atoms with van der Waals surface area (Å²) in [5.41, 5.74) is 2.01. The Labute approximate surface area is 143 Å². The normalized spacial score (nSPS) is 18.1. The standard InChI is InChI=1S/C19H26N4O/c1-21(2)14-16-7-9-17(10-8-16)19(24)23-13-4-3-6-18(23)15-22-12-5-11-20-22/h5,7-12,18H,3-4,6,13-15H2,1-2H3. The summed E-state index contributed by atoms with van der Waals surface area (Å²) < 4.78 is 1.93. The van der Waals surface area contributed by atoms with Crippen LogP contribution in [0.25, 0.3) is 0 Å². The van der Waals surface area contributed by atoms with Gasteiger partial charge in [-0.05, 0) is 57.1 Å². The Morgan fingerprint density at radius 2 is 2.04 bits per heavy atom. The van der Waals surface area contributed by atoms with Gasteiger partial charge in [0.05, 0.1) is 12.6 Å². The largest absolute Gasteiger partial charge is 0.334 e. The first-order valence-corrected chi connectivity index (χ1v) is 8.65. The number of hydrogen-bond acceptors (Lipinski definition) is 3. The van der Waals surface area contributed by atoms with Crippen LogP contribution in [-0.4, -0.2) is 52.2 Å². The number of rotatable bonds is 5. The molecule has 0 spiro atoms. The van der Waals surface area contributed by atoms with Gasteiger partial charge in [-0.3, -0.25) is 9.48 Å². The maximum absolute atomic E-state index is 13.0. The molecule has 1 aliphatic rings. The van der Waals surface area contributed by atoms with Crippen LogP contribution in [0.5, 0.6) is 0 Å². The van der Waals surface area contributed by atoms with Crippen LogP contribution in [0.1, 0.15) is 35.2 Å². The fraction of sp³-hybridized carbons (Fsp3) is 0.474. The van der Waals surface area contributed by atoms with Crippen molar-refractivity contribution in [2.24, 2.45) is 0 Å². The van der Waals surface area contributed by atoms with Crippen LogP contribution in [0.15, 0.2) is 42.7 Å². The fourth-order valence-corrected chi connectivity index (χ4v) is 3.37. The number of hydrogen-bond donors (Lipinski definition) is 0. The van der Waals surface area contributed by atoms with E-state index in [1.807, 2.05) is 48.1 Å². The molecule has 0 aliphatic carbocycles. The quantitative estimate of drug-likeness (QED) is 0.848. The molecule has 0 saturated carbocycles. The summed E-state index contributed by atoms with van der Waals surface area (Å²) in [7, 11) is 4.10. The van der Waals surface area contributed by atoms with Crippen molar-refractivity contribution in [3.63, 3.8) is 0 Å². The third-order valence-corrected chi connectivity index (χ3v) is 4.54. The van der Waals surface area contributed by atoms with Crippen molar-refractivity contribution in [1.82, 2.24) is 19.6 Å². The van der Waals surface area contributed by atoms with Crippen LogP contribution in [0.4, 0.5) is 0 Å². The average molecular weight is 326 g/mol. The summed E-state index contributed by atoms with van der Waals surface area (Å²) in [6.07, 6.45) is 7.06. The predicted octanol–water partition coefficient (Wildman–Crippen LogP) is 2.64. The molecule has 1 aliphatic heterocycles. The molecule has 128 valence electrons. The predicted molar refractivity (Wildman–Crippen MR) is 94.7 cm³/mol. The second kappa shape index (κ2) is 7.62. The zero-order chi connectivity index (χ0) is 16.9. The molecule has 1 atom stereocenters. The van der Waals surface area contributed by atoms with Gasteiger partial charge in [0.25, 0.3) is 5.91 Å². The lowest BCUT2D eigenvalue weighted by molar-refractivity contribution is 0.0584. The monoisotopic (exact) mass is 326 g/mol.